The molecule has 2 heteroatoms. The van der Waals surface area contributed by atoms with Gasteiger partial charge in [0.15, 0.2) is 0 Å². The third-order valence-electron chi connectivity index (χ3n) is 3.97. The standard InChI is InChI=1S/C16H25NS/c1-13-4-3-5-15(10-13)12-17-11-14-6-8-16(18-2)9-7-14/h6-9,13,15,17H,3-5,10-12H2,1-2H3. The number of nitrogens with one attached hydrogen (secondary N) is 1. The van der Waals surface area contributed by atoms with Crippen molar-refractivity contribution in [3.05, 3.63) is 29.8 Å². The van der Waals surface area contributed by atoms with Crippen molar-refractivity contribution in [2.24, 2.45) is 11.8 Å². The van der Waals surface area contributed by atoms with E-state index in [1.165, 1.54) is 42.7 Å². The Morgan fingerprint density at radius 3 is 2.67 bits per heavy atom. The first-order valence-corrected chi connectivity index (χ1v) is 8.34. The Balaban J connectivity index is 1.70. The maximum Gasteiger partial charge on any atom is 0.0205 e. The smallest absolute Gasteiger partial charge is 0.0205 e. The minimum atomic E-state index is 0.902. The zero-order chi connectivity index (χ0) is 12.8. The Morgan fingerprint density at radius 2 is 2.00 bits per heavy atom. The molecule has 1 saturated carbocycles. The van der Waals surface area contributed by atoms with Crippen LogP contribution < -0.4 is 5.32 Å². The van der Waals surface area contributed by atoms with Crippen LogP contribution in [0.2, 0.25) is 0 Å². The first kappa shape index (κ1) is 14.0. The zero-order valence-electron chi connectivity index (χ0n) is 11.6. The Hall–Kier alpha value is -0.470. The number of hydrogen-bond donors (Lipinski definition) is 1. The molecular formula is C16H25NS. The van der Waals surface area contributed by atoms with Crippen LogP contribution in [-0.4, -0.2) is 12.8 Å². The number of rotatable bonds is 5. The van der Waals surface area contributed by atoms with E-state index in [0.717, 1.165) is 18.4 Å². The molecular weight excluding hydrogens is 238 g/mol. The summed E-state index contributed by atoms with van der Waals surface area (Å²) in [5.41, 5.74) is 1.40. The van der Waals surface area contributed by atoms with Crippen LogP contribution in [0.15, 0.2) is 29.2 Å². The van der Waals surface area contributed by atoms with Crippen molar-refractivity contribution in [2.75, 3.05) is 12.8 Å². The molecule has 1 aliphatic rings. The van der Waals surface area contributed by atoms with Gasteiger partial charge < -0.3 is 5.32 Å². The SMILES string of the molecule is CSc1ccc(CNCC2CCCC(C)C2)cc1. The first-order valence-electron chi connectivity index (χ1n) is 7.11. The predicted octanol–water partition coefficient (Wildman–Crippen LogP) is 4.32. The summed E-state index contributed by atoms with van der Waals surface area (Å²) in [4.78, 5) is 1.35. The monoisotopic (exact) mass is 263 g/mol. The van der Waals surface area contributed by atoms with E-state index in [-0.39, 0.29) is 0 Å². The molecule has 1 N–H and O–H groups in total. The predicted molar refractivity (Wildman–Crippen MR) is 81.1 cm³/mol. The molecule has 0 saturated heterocycles. The van der Waals surface area contributed by atoms with Gasteiger partial charge in [-0.1, -0.05) is 31.9 Å². The highest BCUT2D eigenvalue weighted by Gasteiger charge is 2.18. The molecule has 0 bridgehead atoms. The molecule has 2 rings (SSSR count). The van der Waals surface area contributed by atoms with E-state index in [9.17, 15) is 0 Å². The van der Waals surface area contributed by atoms with Gasteiger partial charge in [-0.25, -0.2) is 0 Å². The molecule has 0 aromatic heterocycles. The van der Waals surface area contributed by atoms with Gasteiger partial charge in [-0.05, 0) is 55.2 Å². The van der Waals surface area contributed by atoms with E-state index in [4.69, 9.17) is 0 Å². The highest BCUT2D eigenvalue weighted by Crippen LogP contribution is 2.27. The van der Waals surface area contributed by atoms with Crippen molar-refractivity contribution in [3.8, 4) is 0 Å². The van der Waals surface area contributed by atoms with Crippen LogP contribution in [-0.2, 0) is 6.54 Å². The Labute approximate surface area is 116 Å². The zero-order valence-corrected chi connectivity index (χ0v) is 12.4. The fraction of sp³-hybridized carbons (Fsp3) is 0.625. The van der Waals surface area contributed by atoms with Crippen molar-refractivity contribution in [1.29, 1.82) is 0 Å². The van der Waals surface area contributed by atoms with E-state index in [1.807, 2.05) is 0 Å². The molecule has 0 aliphatic heterocycles. The van der Waals surface area contributed by atoms with Gasteiger partial charge in [0.1, 0.15) is 0 Å². The molecule has 1 fully saturated rings. The van der Waals surface area contributed by atoms with Crippen LogP contribution in [0, 0.1) is 11.8 Å². The summed E-state index contributed by atoms with van der Waals surface area (Å²) >= 11 is 1.80. The van der Waals surface area contributed by atoms with Crippen LogP contribution >= 0.6 is 11.8 Å². The molecule has 0 heterocycles. The van der Waals surface area contributed by atoms with E-state index >= 15 is 0 Å². The van der Waals surface area contributed by atoms with Crippen LogP contribution in [0.5, 0.6) is 0 Å². The molecule has 1 nitrogen and oxygen atoms in total. The molecule has 0 spiro atoms. The van der Waals surface area contributed by atoms with Crippen molar-refractivity contribution in [3.63, 3.8) is 0 Å². The molecule has 1 aliphatic carbocycles. The Bertz CT molecular complexity index is 347. The fourth-order valence-electron chi connectivity index (χ4n) is 2.91. The summed E-state index contributed by atoms with van der Waals surface area (Å²) in [6.07, 6.45) is 7.82. The maximum absolute atomic E-state index is 3.62. The summed E-state index contributed by atoms with van der Waals surface area (Å²) in [5.74, 6) is 1.84. The molecule has 100 valence electrons. The van der Waals surface area contributed by atoms with Gasteiger partial charge in [0.25, 0.3) is 0 Å². The second kappa shape index (κ2) is 7.20. The molecule has 18 heavy (non-hydrogen) atoms. The summed E-state index contributed by atoms with van der Waals surface area (Å²) in [5, 5.41) is 3.62. The number of benzene rings is 1. The van der Waals surface area contributed by atoms with Gasteiger partial charge in [0, 0.05) is 11.4 Å². The van der Waals surface area contributed by atoms with Gasteiger partial charge in [-0.2, -0.15) is 0 Å². The van der Waals surface area contributed by atoms with Gasteiger partial charge in [0.05, 0.1) is 0 Å². The summed E-state index contributed by atoms with van der Waals surface area (Å²) in [7, 11) is 0. The molecule has 2 unspecified atom stereocenters. The quantitative estimate of drug-likeness (QED) is 0.794. The van der Waals surface area contributed by atoms with Crippen LogP contribution in [0.1, 0.15) is 38.2 Å². The van der Waals surface area contributed by atoms with Crippen molar-refractivity contribution >= 4 is 11.8 Å². The number of hydrogen-bond acceptors (Lipinski definition) is 2. The third kappa shape index (κ3) is 4.33. The minimum absolute atomic E-state index is 0.902. The second-order valence-electron chi connectivity index (χ2n) is 5.62. The Morgan fingerprint density at radius 1 is 1.22 bits per heavy atom. The highest BCUT2D eigenvalue weighted by atomic mass is 32.2. The lowest BCUT2D eigenvalue weighted by Gasteiger charge is -2.26. The Kier molecular flexibility index (Phi) is 5.58. The lowest BCUT2D eigenvalue weighted by molar-refractivity contribution is 0.274. The van der Waals surface area contributed by atoms with E-state index in [0.29, 0.717) is 0 Å². The summed E-state index contributed by atoms with van der Waals surface area (Å²) in [6, 6.07) is 8.90. The normalized spacial score (nSPS) is 24.1. The van der Waals surface area contributed by atoms with E-state index in [2.05, 4.69) is 42.8 Å². The largest absolute Gasteiger partial charge is 0.312 e. The van der Waals surface area contributed by atoms with Crippen molar-refractivity contribution in [1.82, 2.24) is 5.32 Å². The third-order valence-corrected chi connectivity index (χ3v) is 4.71. The van der Waals surface area contributed by atoms with Crippen molar-refractivity contribution < 1.29 is 0 Å². The lowest BCUT2D eigenvalue weighted by Crippen LogP contribution is -2.26. The van der Waals surface area contributed by atoms with Crippen LogP contribution in [0.25, 0.3) is 0 Å². The van der Waals surface area contributed by atoms with Crippen molar-refractivity contribution in [2.45, 2.75) is 44.0 Å². The highest BCUT2D eigenvalue weighted by molar-refractivity contribution is 7.98. The lowest BCUT2D eigenvalue weighted by atomic mass is 9.82. The molecule has 2 atom stereocenters. The topological polar surface area (TPSA) is 12.0 Å². The van der Waals surface area contributed by atoms with Crippen LogP contribution in [0.3, 0.4) is 0 Å². The van der Waals surface area contributed by atoms with E-state index < -0.39 is 0 Å². The number of thioether (sulfide) groups is 1. The minimum Gasteiger partial charge on any atom is -0.312 e. The summed E-state index contributed by atoms with van der Waals surface area (Å²) < 4.78 is 0. The van der Waals surface area contributed by atoms with Gasteiger partial charge in [-0.15, -0.1) is 11.8 Å². The van der Waals surface area contributed by atoms with Crippen LogP contribution in [0.4, 0.5) is 0 Å². The van der Waals surface area contributed by atoms with Gasteiger partial charge in [0.2, 0.25) is 0 Å². The second-order valence-corrected chi connectivity index (χ2v) is 6.50. The molecule has 0 radical (unpaired) electrons. The maximum atomic E-state index is 3.62. The van der Waals surface area contributed by atoms with E-state index in [1.54, 1.807) is 11.8 Å². The van der Waals surface area contributed by atoms with Gasteiger partial charge in [-0.3, -0.25) is 0 Å². The fourth-order valence-corrected chi connectivity index (χ4v) is 3.32. The first-order chi connectivity index (χ1) is 8.78. The average Bonchev–Trinajstić information content (AvgIpc) is 2.40. The summed E-state index contributed by atoms with van der Waals surface area (Å²) in [6.45, 7) is 4.60. The molecule has 1 aromatic rings. The average molecular weight is 263 g/mol. The van der Waals surface area contributed by atoms with Gasteiger partial charge >= 0.3 is 0 Å². The molecule has 0 amide bonds. The molecule has 1 aromatic carbocycles.